The number of pyridine rings is 1. The lowest BCUT2D eigenvalue weighted by Gasteiger charge is -2.31. The molecular formula is C22H23F3N2O3. The lowest BCUT2D eigenvalue weighted by molar-refractivity contribution is -0.139. The van der Waals surface area contributed by atoms with Crippen molar-refractivity contribution in [2.24, 2.45) is 0 Å². The third-order valence-corrected chi connectivity index (χ3v) is 4.65. The van der Waals surface area contributed by atoms with Crippen LogP contribution in [0.15, 0.2) is 47.8 Å². The minimum atomic E-state index is -4.51. The largest absolute Gasteiger partial charge is 0.475 e. The molecule has 0 saturated heterocycles. The van der Waals surface area contributed by atoms with E-state index >= 15 is 0 Å². The molecule has 0 radical (unpaired) electrons. The van der Waals surface area contributed by atoms with Crippen LogP contribution in [-0.4, -0.2) is 23.7 Å². The van der Waals surface area contributed by atoms with E-state index in [4.69, 9.17) is 9.47 Å². The number of hydrogen-bond acceptors (Lipinski definition) is 5. The predicted octanol–water partition coefficient (Wildman–Crippen LogP) is 5.28. The van der Waals surface area contributed by atoms with Crippen LogP contribution >= 0.6 is 0 Å². The van der Waals surface area contributed by atoms with Crippen molar-refractivity contribution >= 4 is 11.7 Å². The number of aromatic nitrogens is 1. The molecular weight excluding hydrogens is 397 g/mol. The number of rotatable bonds is 5. The Morgan fingerprint density at radius 3 is 2.63 bits per heavy atom. The molecule has 0 saturated carbocycles. The van der Waals surface area contributed by atoms with Crippen molar-refractivity contribution in [3.63, 3.8) is 0 Å². The van der Waals surface area contributed by atoms with Crippen LogP contribution < -0.4 is 10.1 Å². The summed E-state index contributed by atoms with van der Waals surface area (Å²) in [5.74, 6) is -1.17. The summed E-state index contributed by atoms with van der Waals surface area (Å²) in [6.07, 6.45) is -3.18. The van der Waals surface area contributed by atoms with Gasteiger partial charge in [0.1, 0.15) is 0 Å². The standard InChI is InChI=1S/C22H23F3N2O3/c1-5-29-21(28)17-13(4)27-16-9-10-26-20(30-12(2)3)19(16)18(17)14-7-6-8-15(11-14)22(23,24)25/h6-12,18,27H,5H2,1-4H3. The topological polar surface area (TPSA) is 60.5 Å². The van der Waals surface area contributed by atoms with Crippen LogP contribution in [0.5, 0.6) is 5.88 Å². The Bertz CT molecular complexity index is 984. The number of anilines is 1. The van der Waals surface area contributed by atoms with Gasteiger partial charge in [0.05, 0.1) is 29.8 Å². The SMILES string of the molecule is CCOC(=O)C1=C(C)Nc2ccnc(OC(C)C)c2C1c1cccc(C(F)(F)F)c1. The van der Waals surface area contributed by atoms with Gasteiger partial charge in [-0.15, -0.1) is 0 Å². The first-order valence-corrected chi connectivity index (χ1v) is 9.61. The third kappa shape index (κ3) is 4.27. The molecule has 1 aromatic heterocycles. The summed E-state index contributed by atoms with van der Waals surface area (Å²) >= 11 is 0. The van der Waals surface area contributed by atoms with Gasteiger partial charge >= 0.3 is 12.1 Å². The number of nitrogens with zero attached hydrogens (tertiary/aromatic N) is 1. The Morgan fingerprint density at radius 2 is 2.00 bits per heavy atom. The molecule has 1 unspecified atom stereocenters. The molecule has 2 aromatic rings. The molecule has 160 valence electrons. The molecule has 1 aliphatic heterocycles. The number of hydrogen-bond donors (Lipinski definition) is 1. The lowest BCUT2D eigenvalue weighted by Crippen LogP contribution is -2.26. The van der Waals surface area contributed by atoms with Crippen molar-refractivity contribution < 1.29 is 27.4 Å². The number of nitrogens with one attached hydrogen (secondary N) is 1. The molecule has 5 nitrogen and oxygen atoms in total. The summed E-state index contributed by atoms with van der Waals surface area (Å²) in [4.78, 5) is 17.1. The summed E-state index contributed by atoms with van der Waals surface area (Å²) < 4.78 is 51.2. The van der Waals surface area contributed by atoms with E-state index in [-0.39, 0.29) is 24.2 Å². The molecule has 0 spiro atoms. The van der Waals surface area contributed by atoms with Gasteiger partial charge in [-0.1, -0.05) is 18.2 Å². The molecule has 1 atom stereocenters. The number of benzene rings is 1. The number of halogens is 3. The molecule has 30 heavy (non-hydrogen) atoms. The highest BCUT2D eigenvalue weighted by atomic mass is 19.4. The summed E-state index contributed by atoms with van der Waals surface area (Å²) in [5, 5.41) is 3.14. The zero-order chi connectivity index (χ0) is 22.1. The Kier molecular flexibility index (Phi) is 6.05. The van der Waals surface area contributed by atoms with Crippen LogP contribution in [0.25, 0.3) is 0 Å². The summed E-state index contributed by atoms with van der Waals surface area (Å²) in [6, 6.07) is 6.65. The van der Waals surface area contributed by atoms with E-state index in [1.165, 1.54) is 6.07 Å². The second-order valence-corrected chi connectivity index (χ2v) is 7.18. The zero-order valence-corrected chi connectivity index (χ0v) is 17.1. The molecule has 2 heterocycles. The predicted molar refractivity (Wildman–Crippen MR) is 106 cm³/mol. The minimum Gasteiger partial charge on any atom is -0.475 e. The smallest absolute Gasteiger partial charge is 0.416 e. The molecule has 3 rings (SSSR count). The van der Waals surface area contributed by atoms with Crippen LogP contribution in [0.2, 0.25) is 0 Å². The second kappa shape index (κ2) is 8.38. The molecule has 0 amide bonds. The highest BCUT2D eigenvalue weighted by molar-refractivity contribution is 5.95. The average molecular weight is 420 g/mol. The number of ether oxygens (including phenoxy) is 2. The minimum absolute atomic E-state index is 0.139. The number of carbonyl (C=O) groups is 1. The normalized spacial score (nSPS) is 16.2. The van der Waals surface area contributed by atoms with Crippen LogP contribution in [0.4, 0.5) is 18.9 Å². The van der Waals surface area contributed by atoms with Gasteiger partial charge in [0.25, 0.3) is 0 Å². The fraction of sp³-hybridized carbons (Fsp3) is 0.364. The van der Waals surface area contributed by atoms with Crippen LogP contribution in [0.3, 0.4) is 0 Å². The van der Waals surface area contributed by atoms with Crippen LogP contribution in [0.1, 0.15) is 50.3 Å². The van der Waals surface area contributed by atoms with Crippen molar-refractivity contribution in [2.75, 3.05) is 11.9 Å². The number of alkyl halides is 3. The summed E-state index contributed by atoms with van der Waals surface area (Å²) in [7, 11) is 0. The number of allylic oxidation sites excluding steroid dienone is 1. The molecule has 8 heteroatoms. The maximum absolute atomic E-state index is 13.4. The third-order valence-electron chi connectivity index (χ3n) is 4.65. The van der Waals surface area contributed by atoms with E-state index in [2.05, 4.69) is 10.3 Å². The van der Waals surface area contributed by atoms with Gasteiger partial charge in [-0.05, 0) is 45.4 Å². The number of fused-ring (bicyclic) bond motifs is 1. The van der Waals surface area contributed by atoms with Gasteiger partial charge in [0.15, 0.2) is 0 Å². The Balaban J connectivity index is 2.27. The second-order valence-electron chi connectivity index (χ2n) is 7.18. The summed E-state index contributed by atoms with van der Waals surface area (Å²) in [5.41, 5.74) is 1.36. The van der Waals surface area contributed by atoms with Gasteiger partial charge in [0, 0.05) is 23.1 Å². The monoisotopic (exact) mass is 420 g/mol. The number of carbonyl (C=O) groups excluding carboxylic acids is 1. The van der Waals surface area contributed by atoms with Gasteiger partial charge in [-0.25, -0.2) is 9.78 Å². The van der Waals surface area contributed by atoms with Crippen LogP contribution in [-0.2, 0) is 15.7 Å². The van der Waals surface area contributed by atoms with Crippen molar-refractivity contribution in [3.8, 4) is 5.88 Å². The van der Waals surface area contributed by atoms with Crippen molar-refractivity contribution in [1.82, 2.24) is 4.98 Å². The fourth-order valence-corrected chi connectivity index (χ4v) is 3.50. The van der Waals surface area contributed by atoms with Gasteiger partial charge in [-0.2, -0.15) is 13.2 Å². The molecule has 0 aliphatic carbocycles. The molecule has 0 fully saturated rings. The highest BCUT2D eigenvalue weighted by Crippen LogP contribution is 2.46. The zero-order valence-electron chi connectivity index (χ0n) is 17.1. The van der Waals surface area contributed by atoms with E-state index in [0.29, 0.717) is 22.5 Å². The van der Waals surface area contributed by atoms with E-state index in [0.717, 1.165) is 12.1 Å². The average Bonchev–Trinajstić information content (AvgIpc) is 2.66. The van der Waals surface area contributed by atoms with E-state index in [1.54, 1.807) is 32.2 Å². The van der Waals surface area contributed by atoms with Gasteiger partial charge in [0.2, 0.25) is 5.88 Å². The molecule has 1 N–H and O–H groups in total. The first kappa shape index (κ1) is 21.7. The van der Waals surface area contributed by atoms with E-state index < -0.39 is 23.6 Å². The van der Waals surface area contributed by atoms with Gasteiger partial charge < -0.3 is 14.8 Å². The first-order chi connectivity index (χ1) is 14.1. The Labute approximate surface area is 172 Å². The fourth-order valence-electron chi connectivity index (χ4n) is 3.50. The van der Waals surface area contributed by atoms with E-state index in [9.17, 15) is 18.0 Å². The molecule has 1 aliphatic rings. The molecule has 1 aromatic carbocycles. The Morgan fingerprint density at radius 1 is 1.27 bits per heavy atom. The molecule has 0 bridgehead atoms. The van der Waals surface area contributed by atoms with Crippen molar-refractivity contribution in [1.29, 1.82) is 0 Å². The first-order valence-electron chi connectivity index (χ1n) is 9.61. The Hall–Kier alpha value is -3.03. The van der Waals surface area contributed by atoms with Crippen molar-refractivity contribution in [2.45, 2.75) is 45.9 Å². The van der Waals surface area contributed by atoms with E-state index in [1.807, 2.05) is 13.8 Å². The van der Waals surface area contributed by atoms with Gasteiger partial charge in [-0.3, -0.25) is 0 Å². The maximum atomic E-state index is 13.4. The van der Waals surface area contributed by atoms with Crippen molar-refractivity contribution in [3.05, 3.63) is 64.5 Å². The highest BCUT2D eigenvalue weighted by Gasteiger charge is 2.38. The van der Waals surface area contributed by atoms with Crippen LogP contribution in [0, 0.1) is 0 Å². The quantitative estimate of drug-likeness (QED) is 0.667. The summed E-state index contributed by atoms with van der Waals surface area (Å²) in [6.45, 7) is 7.15. The number of esters is 1. The maximum Gasteiger partial charge on any atom is 0.416 e. The lowest BCUT2D eigenvalue weighted by atomic mass is 9.80.